The number of halogens is 1. The first-order valence-corrected chi connectivity index (χ1v) is 8.54. The van der Waals surface area contributed by atoms with Crippen LogP contribution in [0.15, 0.2) is 24.3 Å². The molecule has 1 unspecified atom stereocenters. The third kappa shape index (κ3) is 3.16. The molecule has 1 aliphatic heterocycles. The van der Waals surface area contributed by atoms with Gasteiger partial charge in [-0.1, -0.05) is 36.6 Å². The number of ether oxygens (including phenoxy) is 1. The Labute approximate surface area is 137 Å². The third-order valence-electron chi connectivity index (χ3n) is 4.91. The zero-order valence-corrected chi connectivity index (χ0v) is 14.1. The normalized spacial score (nSPS) is 25.4. The molecular formula is C18H24ClNO2. The first-order valence-electron chi connectivity index (χ1n) is 8.16. The molecule has 3 rings (SSSR count). The molecule has 1 aromatic carbocycles. The summed E-state index contributed by atoms with van der Waals surface area (Å²) in [7, 11) is 0. The maximum atomic E-state index is 12.9. The molecule has 0 radical (unpaired) electrons. The van der Waals surface area contributed by atoms with Crippen molar-refractivity contribution in [3.63, 3.8) is 0 Å². The van der Waals surface area contributed by atoms with Crippen molar-refractivity contribution in [1.82, 2.24) is 4.90 Å². The van der Waals surface area contributed by atoms with Crippen LogP contribution in [-0.2, 0) is 9.53 Å². The Kier molecular flexibility index (Phi) is 4.47. The molecule has 1 aliphatic carbocycles. The fourth-order valence-corrected chi connectivity index (χ4v) is 3.74. The van der Waals surface area contributed by atoms with E-state index in [0.29, 0.717) is 24.1 Å². The summed E-state index contributed by atoms with van der Waals surface area (Å²) in [6.07, 6.45) is 4.34. The number of rotatable bonds is 2. The Morgan fingerprint density at radius 2 is 2.05 bits per heavy atom. The van der Waals surface area contributed by atoms with Gasteiger partial charge in [0.2, 0.25) is 5.91 Å². The molecule has 3 nitrogen and oxygen atoms in total. The summed E-state index contributed by atoms with van der Waals surface area (Å²) in [4.78, 5) is 14.9. The maximum Gasteiger partial charge on any atom is 0.226 e. The van der Waals surface area contributed by atoms with Gasteiger partial charge in [-0.25, -0.2) is 0 Å². The van der Waals surface area contributed by atoms with E-state index in [2.05, 4.69) is 13.8 Å². The zero-order chi connectivity index (χ0) is 15.7. The van der Waals surface area contributed by atoms with Crippen molar-refractivity contribution in [2.75, 3.05) is 13.2 Å². The molecule has 0 aromatic heterocycles. The van der Waals surface area contributed by atoms with E-state index in [4.69, 9.17) is 16.3 Å². The molecule has 0 N–H and O–H groups in total. The number of nitrogens with zero attached hydrogens (tertiary/aromatic N) is 1. The zero-order valence-electron chi connectivity index (χ0n) is 13.3. The Morgan fingerprint density at radius 3 is 2.73 bits per heavy atom. The molecular weight excluding hydrogens is 298 g/mol. The molecule has 1 saturated carbocycles. The van der Waals surface area contributed by atoms with Crippen molar-refractivity contribution in [2.24, 2.45) is 5.92 Å². The molecule has 1 aromatic rings. The summed E-state index contributed by atoms with van der Waals surface area (Å²) >= 11 is 6.09. The lowest BCUT2D eigenvalue weighted by Gasteiger charge is -2.46. The van der Waals surface area contributed by atoms with Gasteiger partial charge >= 0.3 is 0 Å². The van der Waals surface area contributed by atoms with E-state index in [1.165, 1.54) is 12.8 Å². The van der Waals surface area contributed by atoms with Crippen molar-refractivity contribution >= 4 is 17.5 Å². The standard InChI is InChI=1S/C18H24ClNO2/c1-18(2)12-22-16(14-8-5-9-15(19)10-14)11-20(18)17(21)13-6-3-4-7-13/h5,8-10,13,16H,3-4,6-7,11-12H2,1-2H3. The van der Waals surface area contributed by atoms with Crippen LogP contribution in [0, 0.1) is 5.92 Å². The Bertz CT molecular complexity index is 552. The Balaban J connectivity index is 1.79. The van der Waals surface area contributed by atoms with Crippen molar-refractivity contribution in [2.45, 2.75) is 51.2 Å². The lowest BCUT2D eigenvalue weighted by molar-refractivity contribution is -0.159. The fourth-order valence-electron chi connectivity index (χ4n) is 3.54. The van der Waals surface area contributed by atoms with Gasteiger partial charge in [-0.05, 0) is 44.4 Å². The highest BCUT2D eigenvalue weighted by Crippen LogP contribution is 2.35. The second-order valence-corrected chi connectivity index (χ2v) is 7.53. The predicted octanol–water partition coefficient (Wildman–Crippen LogP) is 4.21. The average Bonchev–Trinajstić information content (AvgIpc) is 3.00. The highest BCUT2D eigenvalue weighted by Gasteiger charge is 2.41. The van der Waals surface area contributed by atoms with Crippen LogP contribution in [-0.4, -0.2) is 29.5 Å². The van der Waals surface area contributed by atoms with Crippen molar-refractivity contribution in [1.29, 1.82) is 0 Å². The molecule has 0 bridgehead atoms. The quantitative estimate of drug-likeness (QED) is 0.816. The van der Waals surface area contributed by atoms with E-state index in [9.17, 15) is 4.79 Å². The van der Waals surface area contributed by atoms with E-state index in [0.717, 1.165) is 18.4 Å². The first-order chi connectivity index (χ1) is 10.5. The van der Waals surface area contributed by atoms with E-state index < -0.39 is 0 Å². The summed E-state index contributed by atoms with van der Waals surface area (Å²) in [5.41, 5.74) is 0.807. The average molecular weight is 322 g/mol. The first kappa shape index (κ1) is 15.8. The van der Waals surface area contributed by atoms with E-state index in [-0.39, 0.29) is 17.6 Å². The van der Waals surface area contributed by atoms with Crippen molar-refractivity contribution in [3.05, 3.63) is 34.9 Å². The van der Waals surface area contributed by atoms with E-state index in [1.54, 1.807) is 0 Å². The summed E-state index contributed by atoms with van der Waals surface area (Å²) in [6.45, 7) is 5.35. The smallest absolute Gasteiger partial charge is 0.226 e. The van der Waals surface area contributed by atoms with Gasteiger partial charge in [0, 0.05) is 10.9 Å². The van der Waals surface area contributed by atoms with Crippen LogP contribution >= 0.6 is 11.6 Å². The highest BCUT2D eigenvalue weighted by molar-refractivity contribution is 6.30. The lowest BCUT2D eigenvalue weighted by Crippen LogP contribution is -2.57. The molecule has 4 heteroatoms. The number of amides is 1. The summed E-state index contributed by atoms with van der Waals surface area (Å²) in [6, 6.07) is 7.75. The SMILES string of the molecule is CC1(C)COC(c2cccc(Cl)c2)CN1C(=O)C1CCCC1. The second kappa shape index (κ2) is 6.21. The number of benzene rings is 1. The predicted molar refractivity (Wildman–Crippen MR) is 87.9 cm³/mol. The van der Waals surface area contributed by atoms with Gasteiger partial charge in [-0.15, -0.1) is 0 Å². The van der Waals surface area contributed by atoms with Crippen molar-refractivity contribution < 1.29 is 9.53 Å². The number of carbonyl (C=O) groups excluding carboxylic acids is 1. The van der Waals surface area contributed by atoms with Crippen LogP contribution in [0.3, 0.4) is 0 Å². The van der Waals surface area contributed by atoms with Gasteiger partial charge in [0.15, 0.2) is 0 Å². The van der Waals surface area contributed by atoms with Crippen LogP contribution in [0.25, 0.3) is 0 Å². The third-order valence-corrected chi connectivity index (χ3v) is 5.14. The fraction of sp³-hybridized carbons (Fsp3) is 0.611. The van der Waals surface area contributed by atoms with Crippen LogP contribution in [0.5, 0.6) is 0 Å². The van der Waals surface area contributed by atoms with Crippen LogP contribution in [0.4, 0.5) is 0 Å². The lowest BCUT2D eigenvalue weighted by atomic mass is 9.95. The van der Waals surface area contributed by atoms with Gasteiger partial charge < -0.3 is 9.64 Å². The summed E-state index contributed by atoms with van der Waals surface area (Å²) in [5, 5.41) is 0.708. The molecule has 2 aliphatic rings. The molecule has 1 amide bonds. The molecule has 2 fully saturated rings. The van der Waals surface area contributed by atoms with Crippen LogP contribution in [0.2, 0.25) is 5.02 Å². The molecule has 1 saturated heterocycles. The molecule has 120 valence electrons. The molecule has 1 atom stereocenters. The van der Waals surface area contributed by atoms with Crippen LogP contribution in [0.1, 0.15) is 51.2 Å². The van der Waals surface area contributed by atoms with Gasteiger partial charge in [0.1, 0.15) is 6.10 Å². The van der Waals surface area contributed by atoms with Crippen LogP contribution < -0.4 is 0 Å². The maximum absolute atomic E-state index is 12.9. The largest absolute Gasteiger partial charge is 0.369 e. The van der Waals surface area contributed by atoms with Crippen molar-refractivity contribution in [3.8, 4) is 0 Å². The van der Waals surface area contributed by atoms with E-state index in [1.807, 2.05) is 29.2 Å². The number of hydrogen-bond acceptors (Lipinski definition) is 2. The monoisotopic (exact) mass is 321 g/mol. The highest BCUT2D eigenvalue weighted by atomic mass is 35.5. The minimum absolute atomic E-state index is 0.0860. The molecule has 22 heavy (non-hydrogen) atoms. The summed E-state index contributed by atoms with van der Waals surface area (Å²) in [5.74, 6) is 0.509. The Morgan fingerprint density at radius 1 is 1.32 bits per heavy atom. The van der Waals surface area contributed by atoms with Gasteiger partial charge in [-0.2, -0.15) is 0 Å². The second-order valence-electron chi connectivity index (χ2n) is 7.10. The number of morpholine rings is 1. The topological polar surface area (TPSA) is 29.5 Å². The Hall–Kier alpha value is -1.06. The number of carbonyl (C=O) groups is 1. The number of hydrogen-bond donors (Lipinski definition) is 0. The summed E-state index contributed by atoms with van der Waals surface area (Å²) < 4.78 is 6.02. The van der Waals surface area contributed by atoms with Gasteiger partial charge in [0.05, 0.1) is 18.7 Å². The molecule has 0 spiro atoms. The molecule has 1 heterocycles. The minimum atomic E-state index is -0.241. The minimum Gasteiger partial charge on any atom is -0.369 e. The van der Waals surface area contributed by atoms with Gasteiger partial charge in [0.25, 0.3) is 0 Å². The van der Waals surface area contributed by atoms with E-state index >= 15 is 0 Å². The van der Waals surface area contributed by atoms with Gasteiger partial charge in [-0.3, -0.25) is 4.79 Å².